The molecule has 0 radical (unpaired) electrons. The highest BCUT2D eigenvalue weighted by Crippen LogP contribution is 2.27. The minimum absolute atomic E-state index is 0.170. The molecule has 0 aromatic heterocycles. The number of rotatable bonds is 7. The molecule has 118 valence electrons. The molecule has 0 N–H and O–H groups in total. The second-order valence-corrected chi connectivity index (χ2v) is 8.89. The first kappa shape index (κ1) is 17.4. The van der Waals surface area contributed by atoms with Crippen LogP contribution in [0.15, 0.2) is 58.3 Å². The summed E-state index contributed by atoms with van der Waals surface area (Å²) < 4.78 is 12.9. The van der Waals surface area contributed by atoms with Crippen molar-refractivity contribution in [2.24, 2.45) is 0 Å². The normalized spacial score (nSPS) is 12.6. The van der Waals surface area contributed by atoms with Gasteiger partial charge in [-0.3, -0.25) is 0 Å². The van der Waals surface area contributed by atoms with Gasteiger partial charge in [-0.15, -0.1) is 23.5 Å². The number of hydrogen-bond acceptors (Lipinski definition) is 2. The van der Waals surface area contributed by atoms with Crippen LogP contribution in [0.3, 0.4) is 0 Å². The van der Waals surface area contributed by atoms with Crippen LogP contribution in [-0.2, 0) is 6.42 Å². The molecule has 2 aromatic rings. The molecule has 0 fully saturated rings. The summed E-state index contributed by atoms with van der Waals surface area (Å²) in [5.74, 6) is -0.170. The van der Waals surface area contributed by atoms with Crippen LogP contribution in [0.2, 0.25) is 0 Å². The maximum absolute atomic E-state index is 12.9. The molecule has 1 unspecified atom stereocenters. The average molecular weight is 335 g/mol. The van der Waals surface area contributed by atoms with Crippen molar-refractivity contribution in [3.05, 3.63) is 59.9 Å². The van der Waals surface area contributed by atoms with E-state index in [4.69, 9.17) is 0 Å². The van der Waals surface area contributed by atoms with Gasteiger partial charge in [-0.25, -0.2) is 4.39 Å². The summed E-state index contributed by atoms with van der Waals surface area (Å²) in [6.07, 6.45) is 2.21. The number of hydrogen-bond donors (Lipinski definition) is 0. The van der Waals surface area contributed by atoms with Crippen LogP contribution in [0.5, 0.6) is 0 Å². The van der Waals surface area contributed by atoms with Gasteiger partial charge < -0.3 is 0 Å². The van der Waals surface area contributed by atoms with E-state index in [1.165, 1.54) is 22.6 Å². The van der Waals surface area contributed by atoms with Gasteiger partial charge in [0, 0.05) is 20.3 Å². The molecule has 0 spiro atoms. The third-order valence-corrected chi connectivity index (χ3v) is 5.48. The summed E-state index contributed by atoms with van der Waals surface area (Å²) in [5, 5.41) is 1.15. The third-order valence-electron chi connectivity index (χ3n) is 3.29. The smallest absolute Gasteiger partial charge is 0.123 e. The zero-order chi connectivity index (χ0) is 15.9. The molecular weight excluding hydrogens is 311 g/mol. The SMILES string of the molecule is CC(C)Sc1ccc(CCC(C)Sc2ccc(F)cc2)cc1. The molecule has 0 aliphatic carbocycles. The van der Waals surface area contributed by atoms with Gasteiger partial charge in [0.2, 0.25) is 0 Å². The molecule has 0 aliphatic heterocycles. The summed E-state index contributed by atoms with van der Waals surface area (Å²) >= 11 is 3.71. The Bertz CT molecular complexity index is 561. The Morgan fingerprint density at radius 3 is 1.95 bits per heavy atom. The lowest BCUT2D eigenvalue weighted by molar-refractivity contribution is 0.626. The van der Waals surface area contributed by atoms with Crippen molar-refractivity contribution in [3.63, 3.8) is 0 Å². The fourth-order valence-electron chi connectivity index (χ4n) is 2.18. The van der Waals surface area contributed by atoms with E-state index in [1.807, 2.05) is 35.7 Å². The van der Waals surface area contributed by atoms with Gasteiger partial charge in [-0.05, 0) is 54.8 Å². The van der Waals surface area contributed by atoms with Crippen molar-refractivity contribution < 1.29 is 4.39 Å². The van der Waals surface area contributed by atoms with Crippen molar-refractivity contribution in [1.29, 1.82) is 0 Å². The van der Waals surface area contributed by atoms with Gasteiger partial charge in [0.25, 0.3) is 0 Å². The Morgan fingerprint density at radius 2 is 1.36 bits per heavy atom. The Hall–Kier alpha value is -0.930. The minimum atomic E-state index is -0.170. The summed E-state index contributed by atoms with van der Waals surface area (Å²) in [6, 6.07) is 15.7. The summed E-state index contributed by atoms with van der Waals surface area (Å²) in [5.41, 5.74) is 1.39. The lowest BCUT2D eigenvalue weighted by Crippen LogP contribution is -1.99. The maximum atomic E-state index is 12.9. The molecule has 0 heterocycles. The lowest BCUT2D eigenvalue weighted by Gasteiger charge is -2.12. The van der Waals surface area contributed by atoms with Gasteiger partial charge in [0.15, 0.2) is 0 Å². The summed E-state index contributed by atoms with van der Waals surface area (Å²) in [7, 11) is 0. The number of aryl methyl sites for hydroxylation is 1. The highest BCUT2D eigenvalue weighted by molar-refractivity contribution is 8.00. The summed E-state index contributed by atoms with van der Waals surface area (Å²) in [6.45, 7) is 6.66. The predicted octanol–water partition coefficient (Wildman–Crippen LogP) is 6.44. The van der Waals surface area contributed by atoms with Gasteiger partial charge in [0.05, 0.1) is 0 Å². The first-order valence-electron chi connectivity index (χ1n) is 7.71. The fraction of sp³-hybridized carbons (Fsp3) is 0.368. The second-order valence-electron chi connectivity index (χ2n) is 5.73. The Balaban J connectivity index is 1.80. The van der Waals surface area contributed by atoms with E-state index >= 15 is 0 Å². The Kier molecular flexibility index (Phi) is 6.84. The van der Waals surface area contributed by atoms with Crippen molar-refractivity contribution in [1.82, 2.24) is 0 Å². The molecule has 0 saturated heterocycles. The molecule has 2 rings (SSSR count). The van der Waals surface area contributed by atoms with E-state index in [0.717, 1.165) is 17.7 Å². The monoisotopic (exact) mass is 334 g/mol. The van der Waals surface area contributed by atoms with E-state index in [-0.39, 0.29) is 5.82 Å². The van der Waals surface area contributed by atoms with Crippen LogP contribution >= 0.6 is 23.5 Å². The highest BCUT2D eigenvalue weighted by Gasteiger charge is 2.06. The molecule has 2 aromatic carbocycles. The standard InChI is InChI=1S/C19H23FS2/c1-14(2)21-18-10-6-16(7-11-18)5-4-15(3)22-19-12-8-17(20)9-13-19/h6-15H,4-5H2,1-3H3. The molecule has 0 bridgehead atoms. The van der Waals surface area contributed by atoms with E-state index in [9.17, 15) is 4.39 Å². The van der Waals surface area contributed by atoms with Crippen LogP contribution < -0.4 is 0 Å². The molecule has 3 heteroatoms. The lowest BCUT2D eigenvalue weighted by atomic mass is 10.1. The first-order valence-corrected chi connectivity index (χ1v) is 9.46. The zero-order valence-electron chi connectivity index (χ0n) is 13.4. The molecule has 0 aliphatic rings. The largest absolute Gasteiger partial charge is 0.207 e. The summed E-state index contributed by atoms with van der Waals surface area (Å²) in [4.78, 5) is 2.48. The molecule has 1 atom stereocenters. The third kappa shape index (κ3) is 6.05. The van der Waals surface area contributed by atoms with Crippen LogP contribution in [0, 0.1) is 5.82 Å². The van der Waals surface area contributed by atoms with Gasteiger partial charge >= 0.3 is 0 Å². The van der Waals surface area contributed by atoms with Gasteiger partial charge in [-0.2, -0.15) is 0 Å². The first-order chi connectivity index (χ1) is 10.5. The highest BCUT2D eigenvalue weighted by atomic mass is 32.2. The Morgan fingerprint density at radius 1 is 0.818 bits per heavy atom. The van der Waals surface area contributed by atoms with Crippen molar-refractivity contribution in [3.8, 4) is 0 Å². The molecule has 0 amide bonds. The van der Waals surface area contributed by atoms with Crippen LogP contribution in [0.1, 0.15) is 32.8 Å². The maximum Gasteiger partial charge on any atom is 0.123 e. The molecule has 0 nitrogen and oxygen atoms in total. The van der Waals surface area contributed by atoms with Gasteiger partial charge in [-0.1, -0.05) is 32.9 Å². The molecular formula is C19H23FS2. The molecule has 22 heavy (non-hydrogen) atoms. The van der Waals surface area contributed by atoms with E-state index in [0.29, 0.717) is 10.5 Å². The van der Waals surface area contributed by atoms with E-state index in [1.54, 1.807) is 0 Å². The number of thioether (sulfide) groups is 2. The number of benzene rings is 2. The molecule has 0 saturated carbocycles. The van der Waals surface area contributed by atoms with Crippen molar-refractivity contribution >= 4 is 23.5 Å². The average Bonchev–Trinajstić information content (AvgIpc) is 2.48. The van der Waals surface area contributed by atoms with Crippen LogP contribution in [-0.4, -0.2) is 10.5 Å². The van der Waals surface area contributed by atoms with Crippen LogP contribution in [0.25, 0.3) is 0 Å². The van der Waals surface area contributed by atoms with Crippen molar-refractivity contribution in [2.75, 3.05) is 0 Å². The Labute approximate surface area is 141 Å². The second kappa shape index (κ2) is 8.64. The van der Waals surface area contributed by atoms with Gasteiger partial charge in [0.1, 0.15) is 5.82 Å². The van der Waals surface area contributed by atoms with E-state index in [2.05, 4.69) is 45.0 Å². The minimum Gasteiger partial charge on any atom is -0.207 e. The fourth-order valence-corrected chi connectivity index (χ4v) is 4.01. The predicted molar refractivity (Wildman–Crippen MR) is 97.5 cm³/mol. The topological polar surface area (TPSA) is 0 Å². The number of halogens is 1. The van der Waals surface area contributed by atoms with Crippen LogP contribution in [0.4, 0.5) is 4.39 Å². The quantitative estimate of drug-likeness (QED) is 0.534. The van der Waals surface area contributed by atoms with E-state index < -0.39 is 0 Å². The zero-order valence-corrected chi connectivity index (χ0v) is 15.0. The van der Waals surface area contributed by atoms with Crippen molar-refractivity contribution in [2.45, 2.75) is 53.9 Å².